The lowest BCUT2D eigenvalue weighted by Crippen LogP contribution is -2.37. The standard InChI is InChI=1S/C30H34N8O5S/c1-5-31-27(41)37-28-34-22-15-18(14-19(23(22)44-28)21-8-6-7-11-32-21)20-16-33-26(38-12-9-17(10-13-38)25(39)40)35-24(20)36-29(42)43-30(2,3)4/h6-8,11,14-17H,5,9-10,12-13H2,1-4H3,(H,39,40)(H2,31,34,37,41)(H,33,35,36,42). The normalized spacial score (nSPS) is 13.9. The molecule has 1 aliphatic heterocycles. The number of aromatic nitrogens is 4. The molecule has 0 unspecified atom stereocenters. The lowest BCUT2D eigenvalue weighted by atomic mass is 9.97. The highest BCUT2D eigenvalue weighted by Gasteiger charge is 2.27. The Morgan fingerprint density at radius 2 is 1.84 bits per heavy atom. The number of anilines is 3. The van der Waals surface area contributed by atoms with Crippen molar-refractivity contribution in [1.29, 1.82) is 0 Å². The van der Waals surface area contributed by atoms with Crippen LogP contribution in [0.3, 0.4) is 0 Å². The van der Waals surface area contributed by atoms with Gasteiger partial charge in [-0.15, -0.1) is 0 Å². The van der Waals surface area contributed by atoms with Crippen molar-refractivity contribution >= 4 is 56.5 Å². The highest BCUT2D eigenvalue weighted by Crippen LogP contribution is 2.40. The Kier molecular flexibility index (Phi) is 8.90. The third kappa shape index (κ3) is 7.19. The van der Waals surface area contributed by atoms with Gasteiger partial charge in [0.15, 0.2) is 5.13 Å². The van der Waals surface area contributed by atoms with Crippen molar-refractivity contribution in [2.45, 2.75) is 46.1 Å². The number of pyridine rings is 1. The van der Waals surface area contributed by atoms with Gasteiger partial charge in [0, 0.05) is 43.2 Å². The maximum atomic E-state index is 12.9. The van der Waals surface area contributed by atoms with E-state index in [2.05, 4.69) is 30.9 Å². The minimum absolute atomic E-state index is 0.229. The summed E-state index contributed by atoms with van der Waals surface area (Å²) in [7, 11) is 0. The number of amides is 3. The van der Waals surface area contributed by atoms with Crippen LogP contribution < -0.4 is 20.9 Å². The van der Waals surface area contributed by atoms with Crippen LogP contribution in [0.25, 0.3) is 32.6 Å². The molecule has 1 aliphatic rings. The maximum Gasteiger partial charge on any atom is 0.413 e. The van der Waals surface area contributed by atoms with Crippen LogP contribution >= 0.6 is 11.3 Å². The molecule has 0 bridgehead atoms. The van der Waals surface area contributed by atoms with E-state index in [4.69, 9.17) is 9.72 Å². The van der Waals surface area contributed by atoms with E-state index in [-0.39, 0.29) is 11.8 Å². The predicted octanol–water partition coefficient (Wildman–Crippen LogP) is 5.60. The molecular formula is C30H34N8O5S. The number of nitrogens with one attached hydrogen (secondary N) is 3. The molecule has 0 radical (unpaired) electrons. The summed E-state index contributed by atoms with van der Waals surface area (Å²) < 4.78 is 6.34. The van der Waals surface area contributed by atoms with Gasteiger partial charge in [0.05, 0.1) is 21.8 Å². The number of carbonyl (C=O) groups is 3. The van der Waals surface area contributed by atoms with Crippen LogP contribution in [0.4, 0.5) is 26.5 Å². The quantitative estimate of drug-likeness (QED) is 0.204. The first-order valence-electron chi connectivity index (χ1n) is 14.3. The Bertz CT molecular complexity index is 1680. The average Bonchev–Trinajstić information content (AvgIpc) is 3.38. The minimum atomic E-state index is -0.807. The third-order valence-electron chi connectivity index (χ3n) is 6.82. The number of rotatable bonds is 7. The highest BCUT2D eigenvalue weighted by molar-refractivity contribution is 7.22. The minimum Gasteiger partial charge on any atom is -0.481 e. The van der Waals surface area contributed by atoms with Gasteiger partial charge in [0.25, 0.3) is 0 Å². The summed E-state index contributed by atoms with van der Waals surface area (Å²) in [5.74, 6) is -0.616. The summed E-state index contributed by atoms with van der Waals surface area (Å²) in [5.41, 5.74) is 2.54. The molecule has 1 saturated heterocycles. The molecule has 230 valence electrons. The number of hydrogen-bond acceptors (Lipinski definition) is 10. The number of carboxylic acid groups (broad SMARTS) is 1. The molecule has 4 N–H and O–H groups in total. The zero-order chi connectivity index (χ0) is 31.4. The molecule has 0 spiro atoms. The van der Waals surface area contributed by atoms with Crippen LogP contribution in [-0.2, 0) is 9.53 Å². The van der Waals surface area contributed by atoms with Crippen molar-refractivity contribution in [2.24, 2.45) is 5.92 Å². The van der Waals surface area contributed by atoms with Gasteiger partial charge in [0.1, 0.15) is 11.4 Å². The fourth-order valence-electron chi connectivity index (χ4n) is 4.81. The molecule has 14 heteroatoms. The van der Waals surface area contributed by atoms with E-state index in [9.17, 15) is 19.5 Å². The summed E-state index contributed by atoms with van der Waals surface area (Å²) in [6.07, 6.45) is 3.58. The molecule has 0 saturated carbocycles. The van der Waals surface area contributed by atoms with E-state index in [1.807, 2.05) is 42.2 Å². The van der Waals surface area contributed by atoms with Crippen molar-refractivity contribution in [3.63, 3.8) is 0 Å². The number of nitrogens with zero attached hydrogens (tertiary/aromatic N) is 5. The lowest BCUT2D eigenvalue weighted by Gasteiger charge is -2.30. The summed E-state index contributed by atoms with van der Waals surface area (Å²) >= 11 is 1.33. The molecule has 1 aromatic carbocycles. The third-order valence-corrected chi connectivity index (χ3v) is 7.84. The van der Waals surface area contributed by atoms with E-state index < -0.39 is 23.6 Å². The number of thiazole rings is 1. The van der Waals surface area contributed by atoms with Crippen molar-refractivity contribution < 1.29 is 24.2 Å². The summed E-state index contributed by atoms with van der Waals surface area (Å²) in [6.45, 7) is 8.56. The van der Waals surface area contributed by atoms with Crippen LogP contribution in [0.15, 0.2) is 42.7 Å². The molecule has 4 aromatic rings. The number of hydrogen-bond donors (Lipinski definition) is 4. The van der Waals surface area contributed by atoms with E-state index in [0.717, 1.165) is 10.3 Å². The Morgan fingerprint density at radius 3 is 2.50 bits per heavy atom. The summed E-state index contributed by atoms with van der Waals surface area (Å²) in [6, 6.07) is 9.01. The molecule has 0 aliphatic carbocycles. The number of carbonyl (C=O) groups excluding carboxylic acids is 2. The van der Waals surface area contributed by atoms with Gasteiger partial charge in [-0.3, -0.25) is 20.4 Å². The molecule has 3 aromatic heterocycles. The zero-order valence-corrected chi connectivity index (χ0v) is 25.7. The van der Waals surface area contributed by atoms with Crippen molar-refractivity contribution in [2.75, 3.05) is 35.2 Å². The van der Waals surface area contributed by atoms with Gasteiger partial charge in [-0.1, -0.05) is 17.4 Å². The first kappa shape index (κ1) is 30.6. The highest BCUT2D eigenvalue weighted by atomic mass is 32.1. The van der Waals surface area contributed by atoms with E-state index in [1.54, 1.807) is 33.2 Å². The van der Waals surface area contributed by atoms with Crippen LogP contribution in [0.2, 0.25) is 0 Å². The molecule has 1 fully saturated rings. The van der Waals surface area contributed by atoms with Gasteiger partial charge >= 0.3 is 18.1 Å². The van der Waals surface area contributed by atoms with Gasteiger partial charge in [-0.25, -0.2) is 19.6 Å². The zero-order valence-electron chi connectivity index (χ0n) is 24.9. The first-order chi connectivity index (χ1) is 21.0. The van der Waals surface area contributed by atoms with Gasteiger partial charge < -0.3 is 20.1 Å². The molecule has 4 heterocycles. The van der Waals surface area contributed by atoms with Gasteiger partial charge in [-0.05, 0) is 70.4 Å². The topological polar surface area (TPSA) is 172 Å². The molecule has 5 rings (SSSR count). The van der Waals surface area contributed by atoms with E-state index in [0.29, 0.717) is 65.9 Å². The number of aliphatic carboxylic acids is 1. The Morgan fingerprint density at radius 1 is 1.07 bits per heavy atom. The summed E-state index contributed by atoms with van der Waals surface area (Å²) in [4.78, 5) is 57.1. The molecule has 13 nitrogen and oxygen atoms in total. The van der Waals surface area contributed by atoms with Crippen molar-refractivity contribution in [1.82, 2.24) is 25.3 Å². The van der Waals surface area contributed by atoms with E-state index >= 15 is 0 Å². The fraction of sp³-hybridized carbons (Fsp3) is 0.367. The first-order valence-corrected chi connectivity index (χ1v) is 15.1. The maximum absolute atomic E-state index is 12.9. The van der Waals surface area contributed by atoms with Gasteiger partial charge in [-0.2, -0.15) is 4.98 Å². The second-order valence-electron chi connectivity index (χ2n) is 11.2. The van der Waals surface area contributed by atoms with Crippen molar-refractivity contribution in [3.05, 3.63) is 42.7 Å². The summed E-state index contributed by atoms with van der Waals surface area (Å²) in [5, 5.41) is 18.1. The Balaban J connectivity index is 1.59. The smallest absolute Gasteiger partial charge is 0.413 e. The lowest BCUT2D eigenvalue weighted by molar-refractivity contribution is -0.142. The Hall–Kier alpha value is -4.85. The molecule has 44 heavy (non-hydrogen) atoms. The average molecular weight is 619 g/mol. The number of carboxylic acids is 1. The molecule has 0 atom stereocenters. The SMILES string of the molecule is CCNC(=O)Nc1nc2cc(-c3cnc(N4CCC(C(=O)O)CC4)nc3NC(=O)OC(C)(C)C)cc(-c3ccccn3)c2s1. The number of ether oxygens (including phenoxy) is 1. The van der Waals surface area contributed by atoms with Crippen LogP contribution in [0.5, 0.6) is 0 Å². The number of piperidine rings is 1. The number of fused-ring (bicyclic) bond motifs is 1. The van der Waals surface area contributed by atoms with E-state index in [1.165, 1.54) is 11.3 Å². The molecule has 3 amide bonds. The second-order valence-corrected chi connectivity index (χ2v) is 12.2. The number of benzene rings is 1. The van der Waals surface area contributed by atoms with Crippen molar-refractivity contribution in [3.8, 4) is 22.4 Å². The monoisotopic (exact) mass is 618 g/mol. The Labute approximate surface area is 258 Å². The number of urea groups is 1. The predicted molar refractivity (Wildman–Crippen MR) is 169 cm³/mol. The second kappa shape index (κ2) is 12.8. The van der Waals surface area contributed by atoms with Crippen LogP contribution in [0, 0.1) is 5.92 Å². The van der Waals surface area contributed by atoms with Crippen LogP contribution in [-0.4, -0.2) is 68.4 Å². The largest absolute Gasteiger partial charge is 0.481 e. The molecular weight excluding hydrogens is 584 g/mol. The van der Waals surface area contributed by atoms with Crippen LogP contribution in [0.1, 0.15) is 40.5 Å². The fourth-order valence-corrected chi connectivity index (χ4v) is 5.78. The van der Waals surface area contributed by atoms with Gasteiger partial charge in [0.2, 0.25) is 5.95 Å².